The van der Waals surface area contributed by atoms with Crippen LogP contribution in [0.5, 0.6) is 0 Å². The predicted octanol–water partition coefficient (Wildman–Crippen LogP) is 1.65. The molecule has 0 aromatic carbocycles. The summed E-state index contributed by atoms with van der Waals surface area (Å²) in [6, 6.07) is 0.409. The number of carbonyl (C=O) groups is 1. The van der Waals surface area contributed by atoms with Crippen LogP contribution in [0.15, 0.2) is 0 Å². The lowest BCUT2D eigenvalue weighted by atomic mass is 10.3. The molecule has 1 heterocycles. The molecule has 1 amide bonds. The van der Waals surface area contributed by atoms with Gasteiger partial charge < -0.3 is 10.6 Å². The summed E-state index contributed by atoms with van der Waals surface area (Å²) < 4.78 is 0. The zero-order chi connectivity index (χ0) is 13.0. The van der Waals surface area contributed by atoms with Crippen LogP contribution in [0.3, 0.4) is 0 Å². The van der Waals surface area contributed by atoms with Gasteiger partial charge in [0, 0.05) is 19.0 Å². The van der Waals surface area contributed by atoms with Gasteiger partial charge in [-0.1, -0.05) is 0 Å². The molecule has 2 N–H and O–H groups in total. The first-order valence-electron chi connectivity index (χ1n) is 5.74. The fourth-order valence-electron chi connectivity index (χ4n) is 1.38. The van der Waals surface area contributed by atoms with Crippen LogP contribution in [0, 0.1) is 0 Å². The Labute approximate surface area is 115 Å². The van der Waals surface area contributed by atoms with E-state index in [-0.39, 0.29) is 16.5 Å². The van der Waals surface area contributed by atoms with Gasteiger partial charge in [-0.15, -0.1) is 0 Å². The number of hydrogen-bond donors (Lipinski definition) is 2. The maximum Gasteiger partial charge on any atom is 0.228 e. The maximum atomic E-state index is 11.4. The van der Waals surface area contributed by atoms with E-state index in [1.807, 2.05) is 0 Å². The highest BCUT2D eigenvalue weighted by molar-refractivity contribution is 6.31. The van der Waals surface area contributed by atoms with Gasteiger partial charge in [0.05, 0.1) is 0 Å². The van der Waals surface area contributed by atoms with Crippen molar-refractivity contribution in [2.75, 3.05) is 11.9 Å². The Balaban J connectivity index is 1.66. The lowest BCUT2D eigenvalue weighted by Gasteiger charge is -2.05. The lowest BCUT2D eigenvalue weighted by Crippen LogP contribution is -2.25. The topological polar surface area (TPSA) is 79.8 Å². The second-order valence-corrected chi connectivity index (χ2v) is 4.75. The normalized spacial score (nSPS) is 14.3. The van der Waals surface area contributed by atoms with Crippen LogP contribution in [-0.4, -0.2) is 33.4 Å². The van der Waals surface area contributed by atoms with E-state index in [4.69, 9.17) is 23.2 Å². The van der Waals surface area contributed by atoms with E-state index in [1.54, 1.807) is 0 Å². The Hall–Kier alpha value is -1.14. The molecule has 0 bridgehead atoms. The Kier molecular flexibility index (Phi) is 4.54. The van der Waals surface area contributed by atoms with E-state index in [2.05, 4.69) is 25.6 Å². The summed E-state index contributed by atoms with van der Waals surface area (Å²) in [5, 5.41) is 5.95. The minimum absolute atomic E-state index is 0.0453. The average molecular weight is 290 g/mol. The number of halogens is 2. The molecule has 0 spiro atoms. The van der Waals surface area contributed by atoms with Gasteiger partial charge in [0.15, 0.2) is 0 Å². The first-order chi connectivity index (χ1) is 8.63. The number of aromatic nitrogens is 3. The fraction of sp³-hybridized carbons (Fsp3) is 0.600. The molecule has 1 aromatic heterocycles. The Morgan fingerprint density at radius 2 is 1.89 bits per heavy atom. The standard InChI is InChI=1S/C10H13Cl2N5O/c11-8-15-9(12)17-10(16-8)13-5-1-2-7(18)14-6-3-4-6/h6H,1-5H2,(H,14,18)(H,13,15,16,17). The van der Waals surface area contributed by atoms with Gasteiger partial charge in [0.2, 0.25) is 22.4 Å². The van der Waals surface area contributed by atoms with Gasteiger partial charge >= 0.3 is 0 Å². The van der Waals surface area contributed by atoms with Crippen LogP contribution < -0.4 is 10.6 Å². The smallest absolute Gasteiger partial charge is 0.228 e. The number of carbonyl (C=O) groups excluding carboxylic acids is 1. The highest BCUT2D eigenvalue weighted by Crippen LogP contribution is 2.18. The van der Waals surface area contributed by atoms with Crippen molar-refractivity contribution in [1.82, 2.24) is 20.3 Å². The molecule has 1 aliphatic rings. The molecule has 0 aliphatic heterocycles. The largest absolute Gasteiger partial charge is 0.354 e. The summed E-state index contributed by atoms with van der Waals surface area (Å²) in [4.78, 5) is 22.7. The van der Waals surface area contributed by atoms with Crippen LogP contribution in [0.2, 0.25) is 10.6 Å². The SMILES string of the molecule is O=C(CCCNc1nc(Cl)nc(Cl)n1)NC1CC1. The third kappa shape index (κ3) is 4.62. The van der Waals surface area contributed by atoms with E-state index in [0.29, 0.717) is 31.4 Å². The molecule has 98 valence electrons. The second kappa shape index (κ2) is 6.15. The molecule has 6 nitrogen and oxygen atoms in total. The summed E-state index contributed by atoms with van der Waals surface area (Å²) in [5.41, 5.74) is 0. The van der Waals surface area contributed by atoms with Crippen LogP contribution in [0.25, 0.3) is 0 Å². The summed E-state index contributed by atoms with van der Waals surface area (Å²) in [6.45, 7) is 0.578. The quantitative estimate of drug-likeness (QED) is 0.779. The number of rotatable bonds is 6. The van der Waals surface area contributed by atoms with Gasteiger partial charge in [0.25, 0.3) is 0 Å². The number of hydrogen-bond acceptors (Lipinski definition) is 5. The molecule has 8 heteroatoms. The lowest BCUT2D eigenvalue weighted by molar-refractivity contribution is -0.121. The van der Waals surface area contributed by atoms with Crippen molar-refractivity contribution in [3.8, 4) is 0 Å². The van der Waals surface area contributed by atoms with Crippen molar-refractivity contribution in [3.05, 3.63) is 10.6 Å². The number of nitrogens with zero attached hydrogens (tertiary/aromatic N) is 3. The van der Waals surface area contributed by atoms with Crippen molar-refractivity contribution >= 4 is 35.1 Å². The van der Waals surface area contributed by atoms with Crippen LogP contribution in [0.4, 0.5) is 5.95 Å². The molecular formula is C10H13Cl2N5O. The molecule has 1 aromatic rings. The van der Waals surface area contributed by atoms with Gasteiger partial charge in [-0.05, 0) is 42.5 Å². The van der Waals surface area contributed by atoms with E-state index in [1.165, 1.54) is 0 Å². The minimum atomic E-state index is 0.0453. The molecule has 0 radical (unpaired) electrons. The van der Waals surface area contributed by atoms with Crippen molar-refractivity contribution < 1.29 is 4.79 Å². The van der Waals surface area contributed by atoms with Crippen LogP contribution >= 0.6 is 23.2 Å². The molecule has 0 saturated heterocycles. The molecule has 0 atom stereocenters. The molecule has 0 unspecified atom stereocenters. The van der Waals surface area contributed by atoms with Gasteiger partial charge in [0.1, 0.15) is 0 Å². The minimum Gasteiger partial charge on any atom is -0.354 e. The summed E-state index contributed by atoms with van der Waals surface area (Å²) in [6.07, 6.45) is 3.38. The molecule has 1 saturated carbocycles. The van der Waals surface area contributed by atoms with E-state index >= 15 is 0 Å². The molecule has 2 rings (SSSR count). The average Bonchev–Trinajstić information content (AvgIpc) is 3.07. The Bertz CT molecular complexity index is 418. The van der Waals surface area contributed by atoms with Crippen molar-refractivity contribution in [2.24, 2.45) is 0 Å². The summed E-state index contributed by atoms with van der Waals surface area (Å²) >= 11 is 11.3. The first-order valence-corrected chi connectivity index (χ1v) is 6.49. The third-order valence-corrected chi connectivity index (χ3v) is 2.73. The predicted molar refractivity (Wildman–Crippen MR) is 68.7 cm³/mol. The summed E-state index contributed by atoms with van der Waals surface area (Å²) in [7, 11) is 0. The number of anilines is 1. The number of nitrogens with one attached hydrogen (secondary N) is 2. The Morgan fingerprint density at radius 3 is 2.50 bits per heavy atom. The van der Waals surface area contributed by atoms with Crippen LogP contribution in [0.1, 0.15) is 25.7 Å². The van der Waals surface area contributed by atoms with Crippen molar-refractivity contribution in [1.29, 1.82) is 0 Å². The molecular weight excluding hydrogens is 277 g/mol. The van der Waals surface area contributed by atoms with Crippen molar-refractivity contribution in [3.63, 3.8) is 0 Å². The first kappa shape index (κ1) is 13.3. The highest BCUT2D eigenvalue weighted by atomic mass is 35.5. The zero-order valence-corrected chi connectivity index (χ0v) is 11.1. The van der Waals surface area contributed by atoms with E-state index in [0.717, 1.165) is 12.8 Å². The van der Waals surface area contributed by atoms with E-state index in [9.17, 15) is 4.79 Å². The van der Waals surface area contributed by atoms with Gasteiger partial charge in [-0.3, -0.25) is 4.79 Å². The molecule has 18 heavy (non-hydrogen) atoms. The Morgan fingerprint density at radius 1 is 1.22 bits per heavy atom. The fourth-order valence-corrected chi connectivity index (χ4v) is 1.75. The van der Waals surface area contributed by atoms with Crippen molar-refractivity contribution in [2.45, 2.75) is 31.7 Å². The van der Waals surface area contributed by atoms with Gasteiger partial charge in [-0.25, -0.2) is 0 Å². The second-order valence-electron chi connectivity index (χ2n) is 4.07. The van der Waals surface area contributed by atoms with Crippen LogP contribution in [-0.2, 0) is 4.79 Å². The third-order valence-electron chi connectivity index (χ3n) is 2.39. The molecule has 1 fully saturated rings. The van der Waals surface area contributed by atoms with Gasteiger partial charge in [-0.2, -0.15) is 15.0 Å². The monoisotopic (exact) mass is 289 g/mol. The number of amides is 1. The molecule has 1 aliphatic carbocycles. The summed E-state index contributed by atoms with van der Waals surface area (Å²) in [5.74, 6) is 0.411. The maximum absolute atomic E-state index is 11.4. The zero-order valence-electron chi connectivity index (χ0n) is 9.62. The van der Waals surface area contributed by atoms with E-state index < -0.39 is 0 Å². The highest BCUT2D eigenvalue weighted by Gasteiger charge is 2.22.